The summed E-state index contributed by atoms with van der Waals surface area (Å²) in [6.45, 7) is 0. The summed E-state index contributed by atoms with van der Waals surface area (Å²) < 4.78 is 1.11. The molecule has 0 saturated heterocycles. The number of thiazole rings is 1. The number of carbonyl (C=O) groups is 1. The summed E-state index contributed by atoms with van der Waals surface area (Å²) in [7, 11) is 0. The number of benzene rings is 3. The average molecular weight is 375 g/mol. The van der Waals surface area contributed by atoms with Crippen molar-refractivity contribution in [1.29, 1.82) is 0 Å². The molecule has 132 valence electrons. The van der Waals surface area contributed by atoms with Gasteiger partial charge in [-0.1, -0.05) is 24.3 Å². The Morgan fingerprint density at radius 2 is 1.67 bits per heavy atom. The molecule has 1 heterocycles. The van der Waals surface area contributed by atoms with Crippen molar-refractivity contribution in [3.63, 3.8) is 0 Å². The van der Waals surface area contributed by atoms with Crippen LogP contribution in [0.4, 0.5) is 11.4 Å². The lowest BCUT2D eigenvalue weighted by Crippen LogP contribution is -2.13. The fourth-order valence-corrected chi connectivity index (χ4v) is 3.69. The lowest BCUT2D eigenvalue weighted by molar-refractivity contribution is -0.385. The highest BCUT2D eigenvalue weighted by Crippen LogP contribution is 2.30. The van der Waals surface area contributed by atoms with Gasteiger partial charge in [0.05, 0.1) is 15.1 Å². The molecule has 0 unspecified atom stereocenters. The molecule has 0 fully saturated rings. The van der Waals surface area contributed by atoms with Crippen molar-refractivity contribution in [2.75, 3.05) is 5.32 Å². The maximum atomic E-state index is 12.4. The van der Waals surface area contributed by atoms with E-state index in [2.05, 4.69) is 10.3 Å². The van der Waals surface area contributed by atoms with E-state index in [-0.39, 0.29) is 11.3 Å². The van der Waals surface area contributed by atoms with Crippen LogP contribution in [-0.4, -0.2) is 15.8 Å². The molecule has 3 aromatic carbocycles. The third kappa shape index (κ3) is 3.40. The Kier molecular flexibility index (Phi) is 4.35. The van der Waals surface area contributed by atoms with Crippen LogP contribution in [0.3, 0.4) is 0 Å². The number of nitro benzene ring substituents is 1. The SMILES string of the molecule is O=C(Nc1ccc(-c2nc3ccccc3s2)cc1)c1ccccc1[N+](=O)[O-]. The summed E-state index contributed by atoms with van der Waals surface area (Å²) in [4.78, 5) is 27.5. The van der Waals surface area contributed by atoms with Crippen molar-refractivity contribution >= 4 is 38.8 Å². The second-order valence-corrected chi connectivity index (χ2v) is 6.82. The van der Waals surface area contributed by atoms with E-state index in [0.717, 1.165) is 20.8 Å². The van der Waals surface area contributed by atoms with Gasteiger partial charge in [0.25, 0.3) is 11.6 Å². The number of nitrogens with one attached hydrogen (secondary N) is 1. The first-order chi connectivity index (χ1) is 13.1. The number of amides is 1. The molecule has 1 N–H and O–H groups in total. The number of nitrogens with zero attached hydrogens (tertiary/aromatic N) is 2. The smallest absolute Gasteiger partial charge is 0.282 e. The van der Waals surface area contributed by atoms with E-state index in [0.29, 0.717) is 5.69 Å². The Morgan fingerprint density at radius 3 is 2.41 bits per heavy atom. The van der Waals surface area contributed by atoms with Gasteiger partial charge in [0.15, 0.2) is 0 Å². The van der Waals surface area contributed by atoms with Crippen LogP contribution in [0.25, 0.3) is 20.8 Å². The minimum Gasteiger partial charge on any atom is -0.322 e. The normalized spacial score (nSPS) is 10.7. The molecule has 0 saturated carbocycles. The quantitative estimate of drug-likeness (QED) is 0.396. The second-order valence-electron chi connectivity index (χ2n) is 5.79. The number of fused-ring (bicyclic) bond motifs is 1. The molecule has 1 aromatic heterocycles. The van der Waals surface area contributed by atoms with Gasteiger partial charge in [0, 0.05) is 17.3 Å². The third-order valence-corrected chi connectivity index (χ3v) is 5.11. The summed E-state index contributed by atoms with van der Waals surface area (Å²) in [5.74, 6) is -0.518. The largest absolute Gasteiger partial charge is 0.322 e. The van der Waals surface area contributed by atoms with Crippen molar-refractivity contribution < 1.29 is 9.72 Å². The van der Waals surface area contributed by atoms with E-state index in [1.54, 1.807) is 29.5 Å². The van der Waals surface area contributed by atoms with Crippen molar-refractivity contribution in [2.45, 2.75) is 0 Å². The van der Waals surface area contributed by atoms with Crippen LogP contribution < -0.4 is 5.32 Å². The zero-order valence-electron chi connectivity index (χ0n) is 14.0. The number of anilines is 1. The molecule has 7 heteroatoms. The number of rotatable bonds is 4. The van der Waals surface area contributed by atoms with Crippen LogP contribution in [0.5, 0.6) is 0 Å². The lowest BCUT2D eigenvalue weighted by atomic mass is 10.1. The van der Waals surface area contributed by atoms with Crippen molar-refractivity contribution in [1.82, 2.24) is 4.98 Å². The molecular formula is C20H13N3O3S. The molecule has 4 aromatic rings. The minimum absolute atomic E-state index is 0.0257. The Balaban J connectivity index is 1.56. The molecular weight excluding hydrogens is 362 g/mol. The molecule has 0 spiro atoms. The van der Waals surface area contributed by atoms with Crippen LogP contribution in [0.2, 0.25) is 0 Å². The Labute approximate surface area is 158 Å². The summed E-state index contributed by atoms with van der Waals surface area (Å²) in [5, 5.41) is 14.7. The maximum absolute atomic E-state index is 12.4. The van der Waals surface area contributed by atoms with E-state index in [9.17, 15) is 14.9 Å². The summed E-state index contributed by atoms with van der Waals surface area (Å²) in [6, 6.07) is 21.0. The number of carbonyl (C=O) groups excluding carboxylic acids is 1. The summed E-state index contributed by atoms with van der Waals surface area (Å²) >= 11 is 1.60. The van der Waals surface area contributed by atoms with Crippen LogP contribution in [0.15, 0.2) is 72.8 Å². The van der Waals surface area contributed by atoms with E-state index < -0.39 is 10.8 Å². The molecule has 6 nitrogen and oxygen atoms in total. The Morgan fingerprint density at radius 1 is 0.963 bits per heavy atom. The fraction of sp³-hybridized carbons (Fsp3) is 0. The van der Waals surface area contributed by atoms with E-state index in [1.165, 1.54) is 18.2 Å². The van der Waals surface area contributed by atoms with Gasteiger partial charge in [-0.25, -0.2) is 4.98 Å². The number of para-hydroxylation sites is 2. The van der Waals surface area contributed by atoms with E-state index in [1.807, 2.05) is 36.4 Å². The number of hydrogen-bond acceptors (Lipinski definition) is 5. The molecule has 0 bridgehead atoms. The first-order valence-electron chi connectivity index (χ1n) is 8.12. The monoisotopic (exact) mass is 375 g/mol. The average Bonchev–Trinajstić information content (AvgIpc) is 3.12. The zero-order valence-corrected chi connectivity index (χ0v) is 14.8. The topological polar surface area (TPSA) is 85.1 Å². The number of aromatic nitrogens is 1. The molecule has 27 heavy (non-hydrogen) atoms. The first kappa shape index (κ1) is 16.9. The molecule has 0 aliphatic rings. The van der Waals surface area contributed by atoms with Gasteiger partial charge in [-0.2, -0.15) is 0 Å². The highest BCUT2D eigenvalue weighted by atomic mass is 32.1. The summed E-state index contributed by atoms with van der Waals surface area (Å²) in [5.41, 5.74) is 2.26. The van der Waals surface area contributed by atoms with Crippen LogP contribution >= 0.6 is 11.3 Å². The highest BCUT2D eigenvalue weighted by Gasteiger charge is 2.19. The summed E-state index contributed by atoms with van der Waals surface area (Å²) in [6.07, 6.45) is 0. The minimum atomic E-state index is -0.564. The highest BCUT2D eigenvalue weighted by molar-refractivity contribution is 7.21. The fourth-order valence-electron chi connectivity index (χ4n) is 2.72. The van der Waals surface area contributed by atoms with Gasteiger partial charge >= 0.3 is 0 Å². The Bertz CT molecular complexity index is 1120. The van der Waals surface area contributed by atoms with Gasteiger partial charge in [-0.15, -0.1) is 11.3 Å². The molecule has 1 amide bonds. The standard InChI is InChI=1S/C20H13N3O3S/c24-19(15-5-1-3-7-17(15)23(25)26)21-14-11-9-13(10-12-14)20-22-16-6-2-4-8-18(16)27-20/h1-12H,(H,21,24). The predicted molar refractivity (Wildman–Crippen MR) is 106 cm³/mol. The van der Waals surface area contributed by atoms with E-state index >= 15 is 0 Å². The number of nitro groups is 1. The molecule has 0 aliphatic carbocycles. The molecule has 0 atom stereocenters. The third-order valence-electron chi connectivity index (χ3n) is 4.03. The van der Waals surface area contributed by atoms with Crippen LogP contribution in [0, 0.1) is 10.1 Å². The van der Waals surface area contributed by atoms with Gasteiger partial charge in [0.2, 0.25) is 0 Å². The first-order valence-corrected chi connectivity index (χ1v) is 8.94. The second kappa shape index (κ2) is 6.97. The molecule has 4 rings (SSSR count). The molecule has 0 radical (unpaired) electrons. The zero-order chi connectivity index (χ0) is 18.8. The van der Waals surface area contributed by atoms with Gasteiger partial charge in [-0.05, 0) is 42.5 Å². The maximum Gasteiger partial charge on any atom is 0.282 e. The van der Waals surface area contributed by atoms with Crippen LogP contribution in [-0.2, 0) is 0 Å². The van der Waals surface area contributed by atoms with Crippen molar-refractivity contribution in [2.24, 2.45) is 0 Å². The predicted octanol–water partition coefficient (Wildman–Crippen LogP) is 5.12. The van der Waals surface area contributed by atoms with Crippen LogP contribution in [0.1, 0.15) is 10.4 Å². The van der Waals surface area contributed by atoms with Crippen molar-refractivity contribution in [3.05, 3.63) is 88.5 Å². The number of hydrogen-bond donors (Lipinski definition) is 1. The lowest BCUT2D eigenvalue weighted by Gasteiger charge is -2.06. The van der Waals surface area contributed by atoms with Gasteiger partial charge in [0.1, 0.15) is 10.6 Å². The Hall–Kier alpha value is -3.58. The van der Waals surface area contributed by atoms with Gasteiger partial charge < -0.3 is 5.32 Å². The van der Waals surface area contributed by atoms with Crippen molar-refractivity contribution in [3.8, 4) is 10.6 Å². The molecule has 0 aliphatic heterocycles. The van der Waals surface area contributed by atoms with Gasteiger partial charge in [-0.3, -0.25) is 14.9 Å². The van der Waals surface area contributed by atoms with E-state index in [4.69, 9.17) is 0 Å².